The monoisotopic (exact) mass is 950 g/mol. The summed E-state index contributed by atoms with van der Waals surface area (Å²) in [6, 6.07) is 0. The van der Waals surface area contributed by atoms with Crippen molar-refractivity contribution < 1.29 is 109 Å². The Balaban J connectivity index is 1.06. The molecule has 0 amide bonds. The number of aliphatic hydroxyl groups excluding tert-OH is 13. The van der Waals surface area contributed by atoms with E-state index in [4.69, 9.17) is 37.9 Å². The first-order valence-corrected chi connectivity index (χ1v) is 23.2. The van der Waals surface area contributed by atoms with Crippen molar-refractivity contribution in [2.45, 2.75) is 207 Å². The minimum atomic E-state index is -1.92. The van der Waals surface area contributed by atoms with E-state index in [-0.39, 0.29) is 17.3 Å². The molecule has 8 aliphatic rings. The molecule has 8 rings (SSSR count). The van der Waals surface area contributed by atoms with Crippen LogP contribution < -0.4 is 0 Å². The maximum Gasteiger partial charge on any atom is 0.314 e. The van der Waals surface area contributed by atoms with E-state index in [0.29, 0.717) is 51.4 Å². The molecule has 4 saturated carbocycles. The Bertz CT molecular complexity index is 1740. The minimum Gasteiger partial charge on any atom is -0.432 e. The lowest BCUT2D eigenvalue weighted by Crippen LogP contribution is -2.67. The van der Waals surface area contributed by atoms with E-state index >= 15 is 0 Å². The van der Waals surface area contributed by atoms with Crippen molar-refractivity contribution in [2.75, 3.05) is 19.8 Å². The Hall–Kier alpha value is -1.59. The molecular formula is C44H70O22. The average molecular weight is 951 g/mol. The van der Waals surface area contributed by atoms with E-state index in [9.17, 15) is 71.2 Å². The van der Waals surface area contributed by atoms with Crippen molar-refractivity contribution in [3.8, 4) is 0 Å². The molecular weight excluding hydrogens is 880 g/mol. The summed E-state index contributed by atoms with van der Waals surface area (Å²) in [5.74, 6) is -0.750. The van der Waals surface area contributed by atoms with Gasteiger partial charge in [0.05, 0.1) is 36.9 Å². The molecule has 4 aliphatic heterocycles. The third-order valence-corrected chi connectivity index (χ3v) is 17.0. The molecule has 0 radical (unpaired) electrons. The normalized spacial score (nSPS) is 55.2. The summed E-state index contributed by atoms with van der Waals surface area (Å²) in [4.78, 5) is 14.3. The van der Waals surface area contributed by atoms with Gasteiger partial charge in [0.1, 0.15) is 91.6 Å². The molecule has 26 atom stereocenters. The van der Waals surface area contributed by atoms with Gasteiger partial charge < -0.3 is 104 Å². The molecule has 0 aromatic carbocycles. The van der Waals surface area contributed by atoms with Crippen LogP contribution in [0.4, 0.5) is 0 Å². The summed E-state index contributed by atoms with van der Waals surface area (Å²) < 4.78 is 48.4. The highest BCUT2D eigenvalue weighted by Gasteiger charge is 2.70. The van der Waals surface area contributed by atoms with Crippen LogP contribution in [-0.2, 0) is 42.7 Å². The third-order valence-electron chi connectivity index (χ3n) is 17.0. The molecule has 22 nitrogen and oxygen atoms in total. The molecule has 13 N–H and O–H groups in total. The number of aliphatic hydroxyl groups is 13. The van der Waals surface area contributed by atoms with Crippen molar-refractivity contribution in [1.82, 2.24) is 0 Å². The summed E-state index contributed by atoms with van der Waals surface area (Å²) in [5.41, 5.74) is -2.19. The van der Waals surface area contributed by atoms with Crippen molar-refractivity contribution >= 4 is 5.97 Å². The molecule has 2 bridgehead atoms. The third kappa shape index (κ3) is 8.30. The zero-order chi connectivity index (χ0) is 48.0. The molecule has 0 unspecified atom stereocenters. The standard InChI is InChI=1S/C44H70O22/c1-17-12-43-10-6-22-41(3,8-5-9-42(22,4)40(58)65-38-33(57)30(54)26(50)20(14-46)61-38)23(43)7-11-44(17,16-43)66-39-35(64-36-31(55)28(52)24(48)18(2)59-36)34(27(51)21(15-47)62-39)63-37-32(56)29(53)25(49)19(13-45)60-37/h18-39,45-57H,1,5-16H2,2-4H3/t18-,19-,20-,21+,22-,23-,24+,25-,26-,27-,28+,29-,30-,31+,32-,33-,34-,35-,36-,37-,38-,39-,41-,42-,43+,44+/m1/s1. The van der Waals surface area contributed by atoms with E-state index in [1.165, 1.54) is 6.92 Å². The van der Waals surface area contributed by atoms with E-state index in [1.54, 1.807) is 0 Å². The fraction of sp³-hybridized carbons (Fsp3) is 0.932. The minimum absolute atomic E-state index is 0.0493. The molecule has 22 heteroatoms. The average Bonchev–Trinajstić information content (AvgIpc) is 3.48. The lowest BCUT2D eigenvalue weighted by Gasteiger charge is -2.64. The molecule has 4 saturated heterocycles. The van der Waals surface area contributed by atoms with Gasteiger partial charge in [-0.3, -0.25) is 4.79 Å². The largest absolute Gasteiger partial charge is 0.432 e. The van der Waals surface area contributed by atoms with Gasteiger partial charge in [0.2, 0.25) is 6.29 Å². The van der Waals surface area contributed by atoms with Crippen molar-refractivity contribution in [3.05, 3.63) is 12.2 Å². The van der Waals surface area contributed by atoms with Crippen molar-refractivity contribution in [1.29, 1.82) is 0 Å². The van der Waals surface area contributed by atoms with Crippen LogP contribution in [0.1, 0.15) is 78.6 Å². The second-order valence-corrected chi connectivity index (χ2v) is 20.8. The Morgan fingerprint density at radius 3 is 1.74 bits per heavy atom. The maximum atomic E-state index is 14.3. The van der Waals surface area contributed by atoms with Gasteiger partial charge in [-0.2, -0.15) is 0 Å². The van der Waals surface area contributed by atoms with Gasteiger partial charge in [-0.25, -0.2) is 0 Å². The van der Waals surface area contributed by atoms with Crippen molar-refractivity contribution in [2.24, 2.45) is 28.1 Å². The number of esters is 1. The lowest BCUT2D eigenvalue weighted by molar-refractivity contribution is -0.398. The smallest absolute Gasteiger partial charge is 0.314 e. The first-order valence-electron chi connectivity index (χ1n) is 23.2. The van der Waals surface area contributed by atoms with Crippen LogP contribution in [0.2, 0.25) is 0 Å². The highest BCUT2D eigenvalue weighted by atomic mass is 16.8. The van der Waals surface area contributed by atoms with Crippen LogP contribution in [0.5, 0.6) is 0 Å². The molecule has 0 aromatic rings. The summed E-state index contributed by atoms with van der Waals surface area (Å²) in [5, 5.41) is 137. The molecule has 0 aromatic heterocycles. The van der Waals surface area contributed by atoms with Crippen LogP contribution in [0.15, 0.2) is 12.2 Å². The summed E-state index contributed by atoms with van der Waals surface area (Å²) >= 11 is 0. The number of hydrogen-bond donors (Lipinski definition) is 13. The summed E-state index contributed by atoms with van der Waals surface area (Å²) in [6.07, 6.45) is -27.4. The van der Waals surface area contributed by atoms with E-state index in [0.717, 1.165) is 12.0 Å². The fourth-order valence-corrected chi connectivity index (χ4v) is 13.4. The van der Waals surface area contributed by atoms with Gasteiger partial charge >= 0.3 is 5.97 Å². The molecule has 1 spiro atoms. The number of fused-ring (bicyclic) bond motifs is 3. The fourth-order valence-electron chi connectivity index (χ4n) is 13.4. The first-order chi connectivity index (χ1) is 31.1. The molecule has 4 aliphatic carbocycles. The maximum absolute atomic E-state index is 14.3. The van der Waals surface area contributed by atoms with Crippen LogP contribution >= 0.6 is 0 Å². The van der Waals surface area contributed by atoms with Gasteiger partial charge in [-0.05, 0) is 93.5 Å². The highest BCUT2D eigenvalue weighted by molar-refractivity contribution is 5.77. The van der Waals surface area contributed by atoms with Gasteiger partial charge in [0.25, 0.3) is 0 Å². The quantitative estimate of drug-likeness (QED) is 0.0532. The number of ether oxygens (including phenoxy) is 8. The first kappa shape index (κ1) is 50.8. The molecule has 378 valence electrons. The van der Waals surface area contributed by atoms with E-state index < -0.39 is 165 Å². The Morgan fingerprint density at radius 2 is 1.12 bits per heavy atom. The van der Waals surface area contributed by atoms with Crippen LogP contribution in [0.3, 0.4) is 0 Å². The Labute approximate surface area is 381 Å². The number of carbonyl (C=O) groups is 1. The molecule has 4 heterocycles. The van der Waals surface area contributed by atoms with Crippen LogP contribution in [0, 0.1) is 28.1 Å². The SMILES string of the molecule is C=C1C[C@]23CC[C@@H]4[C@@](C)(CCC[C@@]4(C)C(=O)O[C@H]4O[C@H](CO)[C@@H](O)[C@@H](O)[C@H]4O)[C@H]2CC[C@]1(O[C@H]1O[C@@H](CO)[C@@H](O)[C@@H](O[C@H]2O[C@H](CO)[C@@H](O)[C@@H](O)[C@H]2O)[C@H]1O[C@H]1O[C@H](C)[C@H](O)[C@H](O)[C@@H]1O)C3. The Morgan fingerprint density at radius 1 is 0.606 bits per heavy atom. The zero-order valence-corrected chi connectivity index (χ0v) is 37.4. The van der Waals surface area contributed by atoms with Gasteiger partial charge in [0.15, 0.2) is 18.9 Å². The van der Waals surface area contributed by atoms with Gasteiger partial charge in [-0.15, -0.1) is 0 Å². The van der Waals surface area contributed by atoms with Crippen molar-refractivity contribution in [3.63, 3.8) is 0 Å². The zero-order valence-electron chi connectivity index (χ0n) is 37.4. The van der Waals surface area contributed by atoms with Crippen LogP contribution in [-0.4, -0.2) is 221 Å². The Kier molecular flexibility index (Phi) is 14.5. The van der Waals surface area contributed by atoms with Gasteiger partial charge in [-0.1, -0.05) is 19.9 Å². The topological polar surface area (TPSA) is 354 Å². The second kappa shape index (κ2) is 18.9. The molecule has 66 heavy (non-hydrogen) atoms. The second-order valence-electron chi connectivity index (χ2n) is 20.8. The predicted octanol–water partition coefficient (Wildman–Crippen LogP) is -4.09. The number of hydrogen-bond acceptors (Lipinski definition) is 22. The highest BCUT2D eigenvalue weighted by Crippen LogP contribution is 2.73. The van der Waals surface area contributed by atoms with E-state index in [1.807, 2.05) is 6.92 Å². The van der Waals surface area contributed by atoms with E-state index in [2.05, 4.69) is 13.5 Å². The van der Waals surface area contributed by atoms with Gasteiger partial charge in [0, 0.05) is 0 Å². The lowest BCUT2D eigenvalue weighted by atomic mass is 9.41. The predicted molar refractivity (Wildman–Crippen MR) is 218 cm³/mol. The summed E-state index contributed by atoms with van der Waals surface area (Å²) in [7, 11) is 0. The number of rotatable bonds is 11. The van der Waals surface area contributed by atoms with Crippen LogP contribution in [0.25, 0.3) is 0 Å². The molecule has 8 fully saturated rings. The number of carbonyl (C=O) groups excluding carboxylic acids is 1. The summed E-state index contributed by atoms with van der Waals surface area (Å²) in [6.45, 7) is 7.77.